The zero-order chi connectivity index (χ0) is 0. The minimum Gasteiger partial charge on any atom is -0.197 e. The molecule has 0 saturated carbocycles. The third-order valence-electron chi connectivity index (χ3n) is 0. The summed E-state index contributed by atoms with van der Waals surface area (Å²) in [6.45, 7) is 0. The largest absolute Gasteiger partial charge is 0.197 e. The Balaban J connectivity index is 0. The first-order chi connectivity index (χ1) is 0. The fourth-order valence-electron chi connectivity index (χ4n) is 0. The van der Waals surface area contributed by atoms with Crippen LogP contribution in [0, 0.1) is 0 Å². The van der Waals surface area contributed by atoms with Gasteiger partial charge < -0.3 is 0 Å². The summed E-state index contributed by atoms with van der Waals surface area (Å²) >= 11 is 0. The van der Waals surface area contributed by atoms with Crippen molar-refractivity contribution in [2.24, 2.45) is 0 Å². The molecule has 0 fully saturated rings. The number of hydrogen-bond acceptors (Lipinski definition) is 0. The first-order valence-electron chi connectivity index (χ1n) is 0. The Bertz CT molecular complexity index is 8.00. The summed E-state index contributed by atoms with van der Waals surface area (Å²) in [6.07, 6.45) is 0. The van der Waals surface area contributed by atoms with Gasteiger partial charge in [-0.05, 0) is 0 Å². The molecule has 0 aromatic rings. The minimum absolute atomic E-state index is 0. The van der Waals surface area contributed by atoms with E-state index in [0.29, 0.717) is 0 Å². The van der Waals surface area contributed by atoms with E-state index in [4.69, 9.17) is 0 Å². The van der Waals surface area contributed by atoms with Crippen LogP contribution in [0.3, 0.4) is 0 Å². The molecule has 0 aliphatic heterocycles. The van der Waals surface area contributed by atoms with Gasteiger partial charge in [-0.2, -0.15) is 13.5 Å². The van der Waals surface area contributed by atoms with Crippen LogP contribution in [-0.2, 0) is 61.8 Å². The maximum absolute atomic E-state index is 0. The van der Waals surface area contributed by atoms with Crippen LogP contribution < -0.4 is 0 Å². The summed E-state index contributed by atoms with van der Waals surface area (Å²) in [4.78, 5) is 0. The molecule has 0 nitrogen and oxygen atoms in total. The second kappa shape index (κ2) is 18.3. The molecule has 0 aliphatic rings. The summed E-state index contributed by atoms with van der Waals surface area (Å²) in [7, 11) is 0. The van der Waals surface area contributed by atoms with Crippen LogP contribution >= 0.6 is 13.5 Å². The summed E-state index contributed by atoms with van der Waals surface area (Å²) in [5, 5.41) is 0. The van der Waals surface area contributed by atoms with E-state index >= 15 is 0 Å². The van der Waals surface area contributed by atoms with Gasteiger partial charge in [0.2, 0.25) is 0 Å². The standard InChI is InChI=1S/Ag.Au.Fe.H2S/h;;;1H2. The molecule has 0 unspecified atom stereocenters. The van der Waals surface area contributed by atoms with Crippen LogP contribution in [0.15, 0.2) is 0 Å². The molecule has 0 N–H and O–H groups in total. The molecule has 0 heterocycles. The molecule has 0 rings (SSSR count). The third kappa shape index (κ3) is 8.84. The molecular formula is H2AgAuFeS. The molecule has 0 spiro atoms. The molecule has 0 bridgehead atoms. The van der Waals surface area contributed by atoms with Gasteiger partial charge in [0.25, 0.3) is 0 Å². The molecule has 2 radical (unpaired) electrons. The Hall–Kier alpha value is 2.35. The van der Waals surface area contributed by atoms with E-state index in [1.165, 1.54) is 0 Å². The average molecular weight is 395 g/mol. The SMILES string of the molecule is S.[Ag].[Au].[Fe]. The van der Waals surface area contributed by atoms with Crippen molar-refractivity contribution in [3.05, 3.63) is 0 Å². The van der Waals surface area contributed by atoms with Crippen molar-refractivity contribution in [3.8, 4) is 0 Å². The fourth-order valence-corrected chi connectivity index (χ4v) is 0. The molecule has 4 heteroatoms. The van der Waals surface area contributed by atoms with Crippen molar-refractivity contribution < 1.29 is 61.8 Å². The average Bonchev–Trinajstić information content (AvgIpc) is 0. The van der Waals surface area contributed by atoms with Crippen LogP contribution in [0.2, 0.25) is 0 Å². The Morgan fingerprint density at radius 2 is 1.00 bits per heavy atom. The molecule has 0 atom stereocenters. The first kappa shape index (κ1) is 32.9. The maximum Gasteiger partial charge on any atom is 0 e. The molecule has 4 heavy (non-hydrogen) atoms. The van der Waals surface area contributed by atoms with E-state index < -0.39 is 0 Å². The zero-order valence-corrected chi connectivity index (χ0v) is 7.21. The van der Waals surface area contributed by atoms with Gasteiger partial charge in [0, 0.05) is 61.8 Å². The first-order valence-corrected chi connectivity index (χ1v) is 0. The van der Waals surface area contributed by atoms with Gasteiger partial charge in [0.1, 0.15) is 0 Å². The Kier molecular flexibility index (Phi) is 151. The predicted octanol–water partition coefficient (Wildman–Crippen LogP) is 0.105. The fraction of sp³-hybridized carbons (Fsp3) is 0. The van der Waals surface area contributed by atoms with Crippen molar-refractivity contribution in [1.29, 1.82) is 0 Å². The van der Waals surface area contributed by atoms with E-state index in [-0.39, 0.29) is 75.3 Å². The van der Waals surface area contributed by atoms with E-state index in [2.05, 4.69) is 0 Å². The number of rotatable bonds is 0. The smallest absolute Gasteiger partial charge is 0 e. The van der Waals surface area contributed by atoms with Crippen molar-refractivity contribution in [2.75, 3.05) is 0 Å². The van der Waals surface area contributed by atoms with E-state index in [9.17, 15) is 0 Å². The van der Waals surface area contributed by atoms with Gasteiger partial charge >= 0.3 is 0 Å². The van der Waals surface area contributed by atoms with Gasteiger partial charge in [0.05, 0.1) is 0 Å². The van der Waals surface area contributed by atoms with Crippen LogP contribution in [-0.4, -0.2) is 0 Å². The van der Waals surface area contributed by atoms with Gasteiger partial charge in [-0.15, -0.1) is 0 Å². The Morgan fingerprint density at radius 3 is 1.00 bits per heavy atom. The topological polar surface area (TPSA) is 0 Å². The van der Waals surface area contributed by atoms with Crippen molar-refractivity contribution in [3.63, 3.8) is 0 Å². The van der Waals surface area contributed by atoms with Gasteiger partial charge in [0.15, 0.2) is 0 Å². The van der Waals surface area contributed by atoms with Crippen LogP contribution in [0.1, 0.15) is 0 Å². The molecule has 0 aromatic carbocycles. The molecule has 0 saturated heterocycles. The van der Waals surface area contributed by atoms with Crippen LogP contribution in [0.5, 0.6) is 0 Å². The summed E-state index contributed by atoms with van der Waals surface area (Å²) in [5.41, 5.74) is 0. The minimum atomic E-state index is 0. The normalized spacial score (nSPS) is 0. The molecule has 0 amide bonds. The Morgan fingerprint density at radius 1 is 1.00 bits per heavy atom. The van der Waals surface area contributed by atoms with Crippen molar-refractivity contribution in [2.45, 2.75) is 0 Å². The van der Waals surface area contributed by atoms with Crippen LogP contribution in [0.4, 0.5) is 0 Å². The van der Waals surface area contributed by atoms with Crippen molar-refractivity contribution >= 4 is 13.5 Å². The molecule has 0 aliphatic carbocycles. The summed E-state index contributed by atoms with van der Waals surface area (Å²) in [5.74, 6) is 0. The monoisotopic (exact) mass is 394 g/mol. The Labute approximate surface area is 74.4 Å². The second-order valence-corrected chi connectivity index (χ2v) is 0. The van der Waals surface area contributed by atoms with Crippen LogP contribution in [0.25, 0.3) is 0 Å². The second-order valence-electron chi connectivity index (χ2n) is 0. The van der Waals surface area contributed by atoms with E-state index in [0.717, 1.165) is 0 Å². The van der Waals surface area contributed by atoms with Gasteiger partial charge in [-0.3, -0.25) is 0 Å². The molecule has 0 aromatic heterocycles. The van der Waals surface area contributed by atoms with Gasteiger partial charge in [-0.25, -0.2) is 0 Å². The molecule has 38 valence electrons. The summed E-state index contributed by atoms with van der Waals surface area (Å²) < 4.78 is 0. The zero-order valence-electron chi connectivity index (χ0n) is 1.46. The van der Waals surface area contributed by atoms with E-state index in [1.54, 1.807) is 0 Å². The third-order valence-corrected chi connectivity index (χ3v) is 0. The molecular weight excluding hydrogens is 393 g/mol. The van der Waals surface area contributed by atoms with Crippen molar-refractivity contribution in [1.82, 2.24) is 0 Å². The quantitative estimate of drug-likeness (QED) is 0.512. The van der Waals surface area contributed by atoms with Gasteiger partial charge in [-0.1, -0.05) is 0 Å². The summed E-state index contributed by atoms with van der Waals surface area (Å²) in [6, 6.07) is 0. The van der Waals surface area contributed by atoms with E-state index in [1.807, 2.05) is 0 Å². The number of hydrogen-bond donors (Lipinski definition) is 0. The maximum atomic E-state index is 0. The predicted molar refractivity (Wildman–Crippen MR) is 10.4 cm³/mol.